The Morgan fingerprint density at radius 3 is 3.19 bits per heavy atom. The molecule has 1 unspecified atom stereocenters. The van der Waals surface area contributed by atoms with E-state index in [1.807, 2.05) is 6.92 Å². The third kappa shape index (κ3) is 2.61. The highest BCUT2D eigenvalue weighted by Crippen LogP contribution is 2.12. The molecule has 1 atom stereocenters. The molecule has 1 saturated heterocycles. The van der Waals surface area contributed by atoms with E-state index in [0.717, 1.165) is 19.4 Å². The summed E-state index contributed by atoms with van der Waals surface area (Å²) in [6.07, 6.45) is 4.08. The van der Waals surface area contributed by atoms with Crippen molar-refractivity contribution in [3.8, 4) is 5.75 Å². The number of aromatic amines is 1. The molecule has 16 heavy (non-hydrogen) atoms. The second-order valence-corrected chi connectivity index (χ2v) is 3.83. The molecular weight excluding hydrogens is 208 g/mol. The van der Waals surface area contributed by atoms with Crippen molar-refractivity contribution in [2.24, 2.45) is 0 Å². The largest absolute Gasteiger partial charge is 0.481 e. The monoisotopic (exact) mass is 224 g/mol. The van der Waals surface area contributed by atoms with Crippen molar-refractivity contribution in [2.45, 2.75) is 32.3 Å². The Balaban J connectivity index is 2.06. The molecule has 1 N–H and O–H groups in total. The van der Waals surface area contributed by atoms with Gasteiger partial charge in [-0.15, -0.1) is 0 Å². The van der Waals surface area contributed by atoms with Gasteiger partial charge in [0.2, 0.25) is 5.75 Å². The van der Waals surface area contributed by atoms with Gasteiger partial charge >= 0.3 is 0 Å². The molecule has 0 spiro atoms. The zero-order valence-electron chi connectivity index (χ0n) is 9.36. The van der Waals surface area contributed by atoms with Crippen LogP contribution in [0.4, 0.5) is 0 Å². The van der Waals surface area contributed by atoms with E-state index in [1.165, 1.54) is 6.20 Å². The summed E-state index contributed by atoms with van der Waals surface area (Å²) >= 11 is 0. The standard InChI is InChI=1S/C11H16N2O3/c1-2-10-12-6-9(11(14)13-10)16-8-4-3-5-15-7-8/h6,8H,2-5,7H2,1H3,(H,12,13,14). The predicted molar refractivity (Wildman–Crippen MR) is 58.7 cm³/mol. The van der Waals surface area contributed by atoms with E-state index in [1.54, 1.807) is 0 Å². The summed E-state index contributed by atoms with van der Waals surface area (Å²) in [5.41, 5.74) is -0.211. The fourth-order valence-corrected chi connectivity index (χ4v) is 1.67. The van der Waals surface area contributed by atoms with Crippen LogP contribution in [0.5, 0.6) is 5.75 Å². The van der Waals surface area contributed by atoms with Gasteiger partial charge in [0.1, 0.15) is 11.9 Å². The normalized spacial score (nSPS) is 20.7. The number of aryl methyl sites for hydroxylation is 1. The average molecular weight is 224 g/mol. The lowest BCUT2D eigenvalue weighted by molar-refractivity contribution is 0.00661. The summed E-state index contributed by atoms with van der Waals surface area (Å²) in [5.74, 6) is 0.963. The van der Waals surface area contributed by atoms with Gasteiger partial charge in [0.05, 0.1) is 12.8 Å². The first-order valence-corrected chi connectivity index (χ1v) is 5.62. The Morgan fingerprint density at radius 1 is 1.69 bits per heavy atom. The quantitative estimate of drug-likeness (QED) is 0.828. The van der Waals surface area contributed by atoms with Crippen LogP contribution in [-0.2, 0) is 11.2 Å². The van der Waals surface area contributed by atoms with Gasteiger partial charge in [-0.05, 0) is 12.8 Å². The van der Waals surface area contributed by atoms with Crippen LogP contribution in [0, 0.1) is 0 Å². The van der Waals surface area contributed by atoms with Crippen LogP contribution in [0.25, 0.3) is 0 Å². The van der Waals surface area contributed by atoms with Crippen LogP contribution in [0.2, 0.25) is 0 Å². The second kappa shape index (κ2) is 5.12. The molecule has 0 aromatic carbocycles. The summed E-state index contributed by atoms with van der Waals surface area (Å²) in [5, 5.41) is 0. The molecule has 5 nitrogen and oxygen atoms in total. The van der Waals surface area contributed by atoms with Gasteiger partial charge in [-0.3, -0.25) is 4.79 Å². The summed E-state index contributed by atoms with van der Waals surface area (Å²) in [6, 6.07) is 0. The number of nitrogens with zero attached hydrogens (tertiary/aromatic N) is 1. The fraction of sp³-hybridized carbons (Fsp3) is 0.636. The summed E-state index contributed by atoms with van der Waals surface area (Å²) < 4.78 is 10.8. The van der Waals surface area contributed by atoms with E-state index in [2.05, 4.69) is 9.97 Å². The Bertz CT molecular complexity index is 396. The molecule has 1 aliphatic rings. The van der Waals surface area contributed by atoms with Crippen LogP contribution in [0.3, 0.4) is 0 Å². The molecule has 0 saturated carbocycles. The van der Waals surface area contributed by atoms with Crippen molar-refractivity contribution in [3.05, 3.63) is 22.4 Å². The van der Waals surface area contributed by atoms with Gasteiger partial charge in [0, 0.05) is 13.0 Å². The number of hydrogen-bond donors (Lipinski definition) is 1. The minimum atomic E-state index is -0.211. The minimum absolute atomic E-state index is 0.0240. The van der Waals surface area contributed by atoms with Gasteiger partial charge < -0.3 is 14.5 Å². The summed E-state index contributed by atoms with van der Waals surface area (Å²) in [7, 11) is 0. The van der Waals surface area contributed by atoms with Crippen LogP contribution in [0.15, 0.2) is 11.0 Å². The zero-order chi connectivity index (χ0) is 11.4. The third-order valence-corrected chi connectivity index (χ3v) is 2.57. The zero-order valence-corrected chi connectivity index (χ0v) is 9.36. The van der Waals surface area contributed by atoms with Gasteiger partial charge in [-0.1, -0.05) is 6.92 Å². The van der Waals surface area contributed by atoms with Gasteiger partial charge in [-0.2, -0.15) is 0 Å². The van der Waals surface area contributed by atoms with Crippen molar-refractivity contribution in [1.29, 1.82) is 0 Å². The molecular formula is C11H16N2O3. The van der Waals surface area contributed by atoms with Crippen LogP contribution >= 0.6 is 0 Å². The predicted octanol–water partition coefficient (Wildman–Crippen LogP) is 0.890. The van der Waals surface area contributed by atoms with Crippen molar-refractivity contribution >= 4 is 0 Å². The molecule has 88 valence electrons. The molecule has 1 aromatic heterocycles. The lowest BCUT2D eigenvalue weighted by Crippen LogP contribution is -2.30. The van der Waals surface area contributed by atoms with E-state index in [4.69, 9.17) is 9.47 Å². The van der Waals surface area contributed by atoms with E-state index >= 15 is 0 Å². The van der Waals surface area contributed by atoms with Crippen molar-refractivity contribution in [2.75, 3.05) is 13.2 Å². The highest BCUT2D eigenvalue weighted by molar-refractivity contribution is 5.13. The number of nitrogens with one attached hydrogen (secondary N) is 1. The highest BCUT2D eigenvalue weighted by Gasteiger charge is 2.16. The van der Waals surface area contributed by atoms with Crippen LogP contribution < -0.4 is 10.3 Å². The first-order chi connectivity index (χ1) is 7.79. The number of aromatic nitrogens is 2. The topological polar surface area (TPSA) is 64.2 Å². The van der Waals surface area contributed by atoms with Crippen molar-refractivity contribution in [1.82, 2.24) is 9.97 Å². The van der Waals surface area contributed by atoms with E-state index in [9.17, 15) is 4.79 Å². The molecule has 5 heteroatoms. The van der Waals surface area contributed by atoms with E-state index in [-0.39, 0.29) is 17.4 Å². The summed E-state index contributed by atoms with van der Waals surface area (Å²) in [4.78, 5) is 18.4. The number of rotatable bonds is 3. The first kappa shape index (κ1) is 11.1. The number of hydrogen-bond acceptors (Lipinski definition) is 4. The molecule has 2 rings (SSSR count). The molecule has 1 fully saturated rings. The van der Waals surface area contributed by atoms with Crippen LogP contribution in [-0.4, -0.2) is 29.3 Å². The second-order valence-electron chi connectivity index (χ2n) is 3.83. The minimum Gasteiger partial charge on any atom is -0.481 e. The SMILES string of the molecule is CCc1ncc(OC2CCCOC2)c(=O)[nH]1. The number of H-pyrrole nitrogens is 1. The average Bonchev–Trinajstić information content (AvgIpc) is 2.33. The first-order valence-electron chi connectivity index (χ1n) is 5.62. The van der Waals surface area contributed by atoms with Crippen molar-refractivity contribution in [3.63, 3.8) is 0 Å². The van der Waals surface area contributed by atoms with Gasteiger partial charge in [-0.25, -0.2) is 4.98 Å². The summed E-state index contributed by atoms with van der Waals surface area (Å²) in [6.45, 7) is 3.27. The molecule has 0 amide bonds. The van der Waals surface area contributed by atoms with Crippen LogP contribution in [0.1, 0.15) is 25.6 Å². The van der Waals surface area contributed by atoms with E-state index in [0.29, 0.717) is 18.9 Å². The maximum absolute atomic E-state index is 11.6. The molecule has 1 aliphatic heterocycles. The smallest absolute Gasteiger partial charge is 0.293 e. The number of ether oxygens (including phenoxy) is 2. The van der Waals surface area contributed by atoms with E-state index < -0.39 is 0 Å². The van der Waals surface area contributed by atoms with Gasteiger partial charge in [0.25, 0.3) is 5.56 Å². The Hall–Kier alpha value is -1.36. The Labute approximate surface area is 93.8 Å². The Kier molecular flexibility index (Phi) is 3.56. The molecule has 0 aliphatic carbocycles. The Morgan fingerprint density at radius 2 is 2.56 bits per heavy atom. The maximum Gasteiger partial charge on any atom is 0.293 e. The van der Waals surface area contributed by atoms with Crippen molar-refractivity contribution < 1.29 is 9.47 Å². The fourth-order valence-electron chi connectivity index (χ4n) is 1.67. The molecule has 0 radical (unpaired) electrons. The maximum atomic E-state index is 11.6. The molecule has 2 heterocycles. The third-order valence-electron chi connectivity index (χ3n) is 2.57. The lowest BCUT2D eigenvalue weighted by Gasteiger charge is -2.22. The molecule has 0 bridgehead atoms. The highest BCUT2D eigenvalue weighted by atomic mass is 16.5. The molecule has 1 aromatic rings. The lowest BCUT2D eigenvalue weighted by atomic mass is 10.2. The van der Waals surface area contributed by atoms with Gasteiger partial charge in [0.15, 0.2) is 0 Å².